The second kappa shape index (κ2) is 4.99. The average Bonchev–Trinajstić information content (AvgIpc) is 2.25. The largest absolute Gasteiger partial charge is 0.376 e. The molecule has 0 saturated heterocycles. The van der Waals surface area contributed by atoms with E-state index in [-0.39, 0.29) is 0 Å². The zero-order chi connectivity index (χ0) is 13.0. The second-order valence-electron chi connectivity index (χ2n) is 5.50. The predicted molar refractivity (Wildman–Crippen MR) is 63.7 cm³/mol. The van der Waals surface area contributed by atoms with Crippen LogP contribution in [-0.4, -0.2) is 23.8 Å². The van der Waals surface area contributed by atoms with Gasteiger partial charge in [0.2, 0.25) is 0 Å². The van der Waals surface area contributed by atoms with Gasteiger partial charge in [-0.1, -0.05) is 5.18 Å². The molecule has 1 unspecified atom stereocenters. The summed E-state index contributed by atoms with van der Waals surface area (Å²) in [7, 11) is 1.60. The first-order valence-electron chi connectivity index (χ1n) is 5.42. The Labute approximate surface area is 97.4 Å². The number of ether oxygens (including phenoxy) is 1. The smallest absolute Gasteiger partial charge is 0.107 e. The number of nitrogens with one attached hydrogen (secondary N) is 1. The Kier molecular flexibility index (Phi) is 4.73. The Morgan fingerprint density at radius 3 is 1.94 bits per heavy atom. The Bertz CT molecular complexity index is 264. The number of nitrogens with zero attached hydrogens (tertiary/aromatic N) is 2. The van der Waals surface area contributed by atoms with Crippen LogP contribution < -0.4 is 0 Å². The minimum Gasteiger partial charge on any atom is -0.376 e. The highest BCUT2D eigenvalue weighted by Gasteiger charge is 2.42. The van der Waals surface area contributed by atoms with Gasteiger partial charge in [0.15, 0.2) is 0 Å². The molecule has 1 atom stereocenters. The summed E-state index contributed by atoms with van der Waals surface area (Å²) in [6.45, 7) is 9.22. The van der Waals surface area contributed by atoms with Crippen LogP contribution in [0.2, 0.25) is 0 Å². The van der Waals surface area contributed by atoms with Crippen LogP contribution in [0.15, 0.2) is 10.3 Å². The molecule has 0 aliphatic carbocycles. The van der Waals surface area contributed by atoms with Crippen molar-refractivity contribution < 1.29 is 4.74 Å². The SMILES string of the molecule is COC(C)(C)C(C)(CCC(C)(C)N=O)N=N. The van der Waals surface area contributed by atoms with Gasteiger partial charge in [-0.3, -0.25) is 0 Å². The van der Waals surface area contributed by atoms with Gasteiger partial charge in [-0.2, -0.15) is 10.0 Å². The Balaban J connectivity index is 4.75. The summed E-state index contributed by atoms with van der Waals surface area (Å²) < 4.78 is 5.37. The van der Waals surface area contributed by atoms with E-state index >= 15 is 0 Å². The molecule has 5 nitrogen and oxygen atoms in total. The van der Waals surface area contributed by atoms with E-state index in [1.165, 1.54) is 0 Å². The summed E-state index contributed by atoms with van der Waals surface area (Å²) in [5.74, 6) is 0. The van der Waals surface area contributed by atoms with Gasteiger partial charge < -0.3 is 4.74 Å². The van der Waals surface area contributed by atoms with Crippen LogP contribution in [0.1, 0.15) is 47.5 Å². The fourth-order valence-corrected chi connectivity index (χ4v) is 1.31. The monoisotopic (exact) mass is 229 g/mol. The number of nitroso groups, excluding NO2 is 1. The van der Waals surface area contributed by atoms with E-state index in [9.17, 15) is 4.91 Å². The Hall–Kier alpha value is -0.840. The van der Waals surface area contributed by atoms with Crippen molar-refractivity contribution >= 4 is 0 Å². The van der Waals surface area contributed by atoms with E-state index < -0.39 is 16.7 Å². The van der Waals surface area contributed by atoms with Gasteiger partial charge >= 0.3 is 0 Å². The zero-order valence-corrected chi connectivity index (χ0v) is 11.1. The fraction of sp³-hybridized carbons (Fsp3) is 1.00. The first kappa shape index (κ1) is 15.2. The van der Waals surface area contributed by atoms with Crippen LogP contribution >= 0.6 is 0 Å². The summed E-state index contributed by atoms with van der Waals surface area (Å²) in [5.41, 5.74) is 5.53. The molecule has 0 saturated carbocycles. The van der Waals surface area contributed by atoms with E-state index in [0.29, 0.717) is 12.8 Å². The van der Waals surface area contributed by atoms with Gasteiger partial charge in [-0.05, 0) is 47.5 Å². The van der Waals surface area contributed by atoms with Gasteiger partial charge in [0.05, 0.1) is 11.1 Å². The third-order valence-electron chi connectivity index (χ3n) is 3.52. The highest BCUT2D eigenvalue weighted by Crippen LogP contribution is 2.35. The van der Waals surface area contributed by atoms with E-state index in [1.54, 1.807) is 21.0 Å². The normalized spacial score (nSPS) is 16.6. The first-order valence-corrected chi connectivity index (χ1v) is 5.42. The summed E-state index contributed by atoms with van der Waals surface area (Å²) >= 11 is 0. The number of hydrogen-bond donors (Lipinski definition) is 1. The number of hydrogen-bond acceptors (Lipinski definition) is 5. The van der Waals surface area contributed by atoms with Gasteiger partial charge in [0.1, 0.15) is 5.54 Å². The van der Waals surface area contributed by atoms with Crippen LogP contribution in [0, 0.1) is 10.4 Å². The molecule has 0 aromatic heterocycles. The molecule has 0 aromatic carbocycles. The van der Waals surface area contributed by atoms with Crippen LogP contribution in [-0.2, 0) is 4.74 Å². The number of methoxy groups -OCH3 is 1. The summed E-state index contributed by atoms with van der Waals surface area (Å²) in [6, 6.07) is 0. The minimum atomic E-state index is -0.635. The molecule has 0 aliphatic rings. The van der Waals surface area contributed by atoms with Crippen LogP contribution in [0.3, 0.4) is 0 Å². The average molecular weight is 229 g/mol. The predicted octanol–water partition coefficient (Wildman–Crippen LogP) is 3.53. The molecular weight excluding hydrogens is 206 g/mol. The van der Waals surface area contributed by atoms with E-state index in [2.05, 4.69) is 10.3 Å². The maximum absolute atomic E-state index is 10.6. The fourth-order valence-electron chi connectivity index (χ4n) is 1.31. The molecule has 0 rings (SSSR count). The van der Waals surface area contributed by atoms with Crippen molar-refractivity contribution in [3.63, 3.8) is 0 Å². The molecule has 0 aliphatic heterocycles. The first-order chi connectivity index (χ1) is 7.14. The standard InChI is InChI=1S/C11H23N3O2/c1-9(2,14-15)7-8-11(5,13-12)10(3,4)16-6/h12H,7-8H2,1-6H3. The van der Waals surface area contributed by atoms with Gasteiger partial charge in [-0.25, -0.2) is 5.53 Å². The third kappa shape index (κ3) is 3.33. The minimum absolute atomic E-state index is 0.534. The molecule has 0 spiro atoms. The Morgan fingerprint density at radius 2 is 1.62 bits per heavy atom. The van der Waals surface area contributed by atoms with E-state index in [0.717, 1.165) is 0 Å². The van der Waals surface area contributed by atoms with Crippen LogP contribution in [0.4, 0.5) is 0 Å². The lowest BCUT2D eigenvalue weighted by molar-refractivity contribution is -0.0440. The molecule has 5 heteroatoms. The van der Waals surface area contributed by atoms with Crippen molar-refractivity contribution in [1.82, 2.24) is 0 Å². The molecule has 16 heavy (non-hydrogen) atoms. The zero-order valence-electron chi connectivity index (χ0n) is 11.1. The molecule has 0 heterocycles. The molecule has 1 N–H and O–H groups in total. The quantitative estimate of drug-likeness (QED) is 0.535. The summed E-state index contributed by atoms with van der Waals surface area (Å²) in [6.07, 6.45) is 1.18. The van der Waals surface area contributed by atoms with Gasteiger partial charge in [0, 0.05) is 7.11 Å². The third-order valence-corrected chi connectivity index (χ3v) is 3.52. The molecule has 0 bridgehead atoms. The van der Waals surface area contributed by atoms with Crippen molar-refractivity contribution in [3.8, 4) is 0 Å². The molecule has 0 amide bonds. The van der Waals surface area contributed by atoms with Crippen LogP contribution in [0.25, 0.3) is 0 Å². The summed E-state index contributed by atoms with van der Waals surface area (Å²) in [5, 5.41) is 6.75. The highest BCUT2D eigenvalue weighted by atomic mass is 16.5. The van der Waals surface area contributed by atoms with Crippen LogP contribution in [0.5, 0.6) is 0 Å². The molecule has 94 valence electrons. The molecule has 0 fully saturated rings. The van der Waals surface area contributed by atoms with Crippen molar-refractivity contribution in [2.75, 3.05) is 7.11 Å². The lowest BCUT2D eigenvalue weighted by Crippen LogP contribution is -2.48. The topological polar surface area (TPSA) is 74.9 Å². The lowest BCUT2D eigenvalue weighted by atomic mass is 9.78. The number of rotatable bonds is 7. The van der Waals surface area contributed by atoms with Crippen molar-refractivity contribution in [3.05, 3.63) is 4.91 Å². The Morgan fingerprint density at radius 1 is 1.12 bits per heavy atom. The van der Waals surface area contributed by atoms with Crippen molar-refractivity contribution in [1.29, 1.82) is 5.53 Å². The maximum atomic E-state index is 10.6. The van der Waals surface area contributed by atoms with E-state index in [1.807, 2.05) is 20.8 Å². The van der Waals surface area contributed by atoms with Crippen molar-refractivity contribution in [2.24, 2.45) is 10.3 Å². The maximum Gasteiger partial charge on any atom is 0.107 e. The second-order valence-corrected chi connectivity index (χ2v) is 5.50. The molecule has 0 radical (unpaired) electrons. The summed E-state index contributed by atoms with van der Waals surface area (Å²) in [4.78, 5) is 10.6. The van der Waals surface area contributed by atoms with E-state index in [4.69, 9.17) is 10.3 Å². The lowest BCUT2D eigenvalue weighted by Gasteiger charge is -2.39. The molecular formula is C11H23N3O2. The molecule has 0 aromatic rings. The van der Waals surface area contributed by atoms with Gasteiger partial charge in [-0.15, -0.1) is 0 Å². The van der Waals surface area contributed by atoms with Crippen molar-refractivity contribution in [2.45, 2.75) is 64.1 Å². The highest BCUT2D eigenvalue weighted by molar-refractivity contribution is 4.99. The van der Waals surface area contributed by atoms with Gasteiger partial charge in [0.25, 0.3) is 0 Å².